The second kappa shape index (κ2) is 7.67. The summed E-state index contributed by atoms with van der Waals surface area (Å²) in [5.41, 5.74) is 4.52. The van der Waals surface area contributed by atoms with Crippen molar-refractivity contribution in [3.8, 4) is 5.75 Å². The van der Waals surface area contributed by atoms with Crippen molar-refractivity contribution >= 4 is 0 Å². The van der Waals surface area contributed by atoms with Crippen molar-refractivity contribution in [1.29, 1.82) is 0 Å². The van der Waals surface area contributed by atoms with Crippen LogP contribution in [0.15, 0.2) is 48.5 Å². The van der Waals surface area contributed by atoms with Crippen LogP contribution in [-0.4, -0.2) is 25.0 Å². The van der Waals surface area contributed by atoms with Gasteiger partial charge in [0.2, 0.25) is 0 Å². The van der Waals surface area contributed by atoms with Crippen LogP contribution >= 0.6 is 0 Å². The van der Waals surface area contributed by atoms with E-state index in [0.717, 1.165) is 11.7 Å². The van der Waals surface area contributed by atoms with Gasteiger partial charge in [0.1, 0.15) is 12.4 Å². The predicted octanol–water partition coefficient (Wildman–Crippen LogP) is 5.59. The summed E-state index contributed by atoms with van der Waals surface area (Å²) < 4.78 is 6.18. The lowest BCUT2D eigenvalue weighted by atomic mass is 9.59. The van der Waals surface area contributed by atoms with Gasteiger partial charge in [-0.05, 0) is 68.1 Å². The Morgan fingerprint density at radius 2 is 1.85 bits per heavy atom. The lowest BCUT2D eigenvalue weighted by Gasteiger charge is -2.52. The Morgan fingerprint density at radius 3 is 2.63 bits per heavy atom. The maximum Gasteiger partial charge on any atom is 0.120 e. The van der Waals surface area contributed by atoms with E-state index in [0.29, 0.717) is 12.6 Å². The lowest BCUT2D eigenvalue weighted by Crippen LogP contribution is -2.54. The monoisotopic (exact) mass is 363 g/mol. The Morgan fingerprint density at radius 1 is 1.04 bits per heavy atom. The van der Waals surface area contributed by atoms with Gasteiger partial charge in [-0.1, -0.05) is 62.6 Å². The number of rotatable bonds is 4. The topological polar surface area (TPSA) is 12.5 Å². The fourth-order valence-corrected chi connectivity index (χ4v) is 5.78. The zero-order valence-corrected chi connectivity index (χ0v) is 17.1. The van der Waals surface area contributed by atoms with E-state index >= 15 is 0 Å². The Hall–Kier alpha value is -1.80. The van der Waals surface area contributed by atoms with Crippen LogP contribution in [0.3, 0.4) is 0 Å². The first-order valence-electron chi connectivity index (χ1n) is 10.5. The van der Waals surface area contributed by atoms with Gasteiger partial charge in [-0.15, -0.1) is 0 Å². The largest absolute Gasteiger partial charge is 0.489 e. The van der Waals surface area contributed by atoms with Crippen LogP contribution in [0.4, 0.5) is 0 Å². The number of fused-ring (bicyclic) bond motifs is 4. The summed E-state index contributed by atoms with van der Waals surface area (Å²) in [6, 6.07) is 17.9. The van der Waals surface area contributed by atoms with Gasteiger partial charge < -0.3 is 9.64 Å². The molecule has 0 spiro atoms. The molecule has 0 radical (unpaired) electrons. The average molecular weight is 364 g/mol. The summed E-state index contributed by atoms with van der Waals surface area (Å²) >= 11 is 0. The normalized spacial score (nSPS) is 27.6. The van der Waals surface area contributed by atoms with E-state index in [-0.39, 0.29) is 5.41 Å². The van der Waals surface area contributed by atoms with E-state index in [1.807, 2.05) is 0 Å². The molecule has 27 heavy (non-hydrogen) atoms. The van der Waals surface area contributed by atoms with Gasteiger partial charge in [0, 0.05) is 11.5 Å². The molecule has 2 aliphatic rings. The van der Waals surface area contributed by atoms with Gasteiger partial charge in [0.25, 0.3) is 0 Å². The SMILES string of the molecule is CN(C)[C@H]1[C@H]2CCCCC[C@]1(C)c1cc(OCc3ccccc3)ccc1C2. The van der Waals surface area contributed by atoms with Crippen LogP contribution in [0.2, 0.25) is 0 Å². The molecule has 2 aromatic carbocycles. The quantitative estimate of drug-likeness (QED) is 0.702. The minimum atomic E-state index is 0.217. The van der Waals surface area contributed by atoms with Crippen molar-refractivity contribution in [3.05, 3.63) is 65.2 Å². The van der Waals surface area contributed by atoms with Crippen molar-refractivity contribution in [2.45, 2.75) is 63.5 Å². The Bertz CT molecular complexity index is 769. The summed E-state index contributed by atoms with van der Waals surface area (Å²) in [5, 5.41) is 0. The maximum atomic E-state index is 6.18. The Labute approximate surface area is 164 Å². The molecule has 0 heterocycles. The third-order valence-electron chi connectivity index (χ3n) is 6.85. The summed E-state index contributed by atoms with van der Waals surface area (Å²) in [5.74, 6) is 1.78. The van der Waals surface area contributed by atoms with Crippen LogP contribution in [-0.2, 0) is 18.4 Å². The van der Waals surface area contributed by atoms with Gasteiger partial charge in [-0.2, -0.15) is 0 Å². The molecule has 144 valence electrons. The molecule has 3 atom stereocenters. The molecule has 2 heteroatoms. The molecule has 2 aliphatic carbocycles. The zero-order valence-electron chi connectivity index (χ0n) is 17.1. The first-order valence-corrected chi connectivity index (χ1v) is 10.5. The molecule has 4 rings (SSSR count). The van der Waals surface area contributed by atoms with Crippen molar-refractivity contribution in [3.63, 3.8) is 0 Å². The molecule has 2 aromatic rings. The molecule has 2 nitrogen and oxygen atoms in total. The maximum absolute atomic E-state index is 6.18. The number of benzene rings is 2. The van der Waals surface area contributed by atoms with Gasteiger partial charge in [-0.3, -0.25) is 0 Å². The second-order valence-electron chi connectivity index (χ2n) is 8.98. The van der Waals surface area contributed by atoms with E-state index < -0.39 is 0 Å². The fourth-order valence-electron chi connectivity index (χ4n) is 5.78. The average Bonchev–Trinajstić information content (AvgIpc) is 2.66. The van der Waals surface area contributed by atoms with E-state index in [1.54, 1.807) is 5.56 Å². The summed E-state index contributed by atoms with van der Waals surface area (Å²) in [7, 11) is 4.55. The van der Waals surface area contributed by atoms with Gasteiger partial charge in [0.15, 0.2) is 0 Å². The van der Waals surface area contributed by atoms with E-state index in [4.69, 9.17) is 4.74 Å². The van der Waals surface area contributed by atoms with Crippen LogP contribution in [0, 0.1) is 5.92 Å². The van der Waals surface area contributed by atoms with Crippen LogP contribution in [0.25, 0.3) is 0 Å². The number of ether oxygens (including phenoxy) is 1. The molecule has 2 bridgehead atoms. The molecule has 0 saturated heterocycles. The highest BCUT2D eigenvalue weighted by atomic mass is 16.5. The van der Waals surface area contributed by atoms with E-state index in [9.17, 15) is 0 Å². The van der Waals surface area contributed by atoms with Crippen LogP contribution in [0.1, 0.15) is 55.7 Å². The van der Waals surface area contributed by atoms with Gasteiger partial charge in [-0.25, -0.2) is 0 Å². The van der Waals surface area contributed by atoms with E-state index in [2.05, 4.69) is 74.4 Å². The highest BCUT2D eigenvalue weighted by Crippen LogP contribution is 2.48. The Kier molecular flexibility index (Phi) is 5.27. The number of nitrogens with zero attached hydrogens (tertiary/aromatic N) is 1. The molecular formula is C25H33NO. The van der Waals surface area contributed by atoms with Crippen molar-refractivity contribution in [2.24, 2.45) is 5.92 Å². The first-order chi connectivity index (χ1) is 13.1. The van der Waals surface area contributed by atoms with Crippen LogP contribution in [0.5, 0.6) is 5.75 Å². The van der Waals surface area contributed by atoms with Gasteiger partial charge in [0.05, 0.1) is 0 Å². The standard InChI is InChI=1S/C25H33NO/c1-25-15-9-5-8-12-21(24(25)26(2)3)16-20-13-14-22(17-23(20)25)27-18-19-10-6-4-7-11-19/h4,6-7,10-11,13-14,17,21,24H,5,8-9,12,15-16,18H2,1-3H3/t21-,24-,25+/m0/s1. The minimum absolute atomic E-state index is 0.217. The molecule has 0 N–H and O–H groups in total. The van der Waals surface area contributed by atoms with E-state index in [1.165, 1.54) is 49.7 Å². The number of likely N-dealkylation sites (N-methyl/N-ethyl adjacent to an activating group) is 1. The van der Waals surface area contributed by atoms with Crippen molar-refractivity contribution < 1.29 is 4.74 Å². The fraction of sp³-hybridized carbons (Fsp3) is 0.520. The third kappa shape index (κ3) is 3.65. The summed E-state index contributed by atoms with van der Waals surface area (Å²) in [6.07, 6.45) is 7.96. The van der Waals surface area contributed by atoms with Gasteiger partial charge >= 0.3 is 0 Å². The molecule has 0 aliphatic heterocycles. The van der Waals surface area contributed by atoms with Crippen molar-refractivity contribution in [1.82, 2.24) is 4.90 Å². The molecule has 1 saturated carbocycles. The molecular weight excluding hydrogens is 330 g/mol. The smallest absolute Gasteiger partial charge is 0.120 e. The van der Waals surface area contributed by atoms with Crippen LogP contribution < -0.4 is 4.74 Å². The molecule has 0 aromatic heterocycles. The molecule has 0 amide bonds. The summed E-state index contributed by atoms with van der Waals surface area (Å²) in [4.78, 5) is 2.50. The zero-order chi connectivity index (χ0) is 18.9. The number of hydrogen-bond acceptors (Lipinski definition) is 2. The predicted molar refractivity (Wildman–Crippen MR) is 112 cm³/mol. The molecule has 1 fully saturated rings. The lowest BCUT2D eigenvalue weighted by molar-refractivity contribution is 0.0825. The minimum Gasteiger partial charge on any atom is -0.489 e. The second-order valence-corrected chi connectivity index (χ2v) is 8.98. The highest BCUT2D eigenvalue weighted by Gasteiger charge is 2.46. The number of hydrogen-bond donors (Lipinski definition) is 0. The third-order valence-corrected chi connectivity index (χ3v) is 6.85. The molecule has 0 unspecified atom stereocenters. The Balaban J connectivity index is 1.65. The first kappa shape index (κ1) is 18.6. The van der Waals surface area contributed by atoms with Crippen molar-refractivity contribution in [2.75, 3.05) is 14.1 Å². The highest BCUT2D eigenvalue weighted by molar-refractivity contribution is 5.44. The summed E-state index contributed by atoms with van der Waals surface area (Å²) in [6.45, 7) is 3.14.